The molecule has 3 heteroatoms. The van der Waals surface area contributed by atoms with Crippen LogP contribution in [0.15, 0.2) is 18.2 Å². The van der Waals surface area contributed by atoms with Gasteiger partial charge in [-0.05, 0) is 31.5 Å². The van der Waals surface area contributed by atoms with Gasteiger partial charge in [0.2, 0.25) is 0 Å². The molecule has 3 nitrogen and oxygen atoms in total. The van der Waals surface area contributed by atoms with Crippen LogP contribution in [-0.4, -0.2) is 4.98 Å². The largest absolute Gasteiger partial charge is 0.383 e. The molecule has 0 aliphatic carbocycles. The summed E-state index contributed by atoms with van der Waals surface area (Å²) >= 11 is 0. The van der Waals surface area contributed by atoms with Crippen LogP contribution in [0.3, 0.4) is 0 Å². The number of nitrogens with zero attached hydrogens (tertiary/aromatic N) is 2. The van der Waals surface area contributed by atoms with Crippen LogP contribution >= 0.6 is 0 Å². The van der Waals surface area contributed by atoms with Crippen molar-refractivity contribution in [3.63, 3.8) is 0 Å². The third-order valence-corrected chi connectivity index (χ3v) is 2.40. The molecule has 0 bridgehead atoms. The standard InChI is InChI=1S/C12H11N3/c1-7-3-8(2)11-9(4-7)5-10(6-13)12(14)15-11/h3-5H,1-2H3,(H2,14,15). The van der Waals surface area contributed by atoms with Gasteiger partial charge in [-0.25, -0.2) is 4.98 Å². The molecule has 0 saturated heterocycles. The first-order valence-electron chi connectivity index (χ1n) is 4.69. The molecule has 0 aliphatic rings. The summed E-state index contributed by atoms with van der Waals surface area (Å²) in [5.74, 6) is 0.303. The molecule has 0 unspecified atom stereocenters. The highest BCUT2D eigenvalue weighted by Crippen LogP contribution is 2.22. The number of hydrogen-bond acceptors (Lipinski definition) is 3. The van der Waals surface area contributed by atoms with Gasteiger partial charge in [-0.15, -0.1) is 0 Å². The van der Waals surface area contributed by atoms with Crippen molar-refractivity contribution in [1.29, 1.82) is 5.26 Å². The first-order valence-corrected chi connectivity index (χ1v) is 4.69. The molecule has 0 fully saturated rings. The molecule has 74 valence electrons. The van der Waals surface area contributed by atoms with Crippen molar-refractivity contribution < 1.29 is 0 Å². The second-order valence-corrected chi connectivity index (χ2v) is 3.69. The molecule has 2 aromatic rings. The van der Waals surface area contributed by atoms with Gasteiger partial charge in [0.15, 0.2) is 0 Å². The van der Waals surface area contributed by atoms with E-state index in [-0.39, 0.29) is 0 Å². The number of pyridine rings is 1. The Bertz CT molecular complexity index is 579. The zero-order valence-electron chi connectivity index (χ0n) is 8.70. The number of anilines is 1. The third-order valence-electron chi connectivity index (χ3n) is 2.40. The van der Waals surface area contributed by atoms with E-state index >= 15 is 0 Å². The van der Waals surface area contributed by atoms with E-state index in [1.54, 1.807) is 6.07 Å². The average molecular weight is 197 g/mol. The zero-order chi connectivity index (χ0) is 11.0. The lowest BCUT2D eigenvalue weighted by atomic mass is 10.1. The predicted molar refractivity (Wildman–Crippen MR) is 60.3 cm³/mol. The van der Waals surface area contributed by atoms with Gasteiger partial charge in [-0.2, -0.15) is 5.26 Å². The normalized spacial score (nSPS) is 10.2. The van der Waals surface area contributed by atoms with Crippen LogP contribution in [0.5, 0.6) is 0 Å². The van der Waals surface area contributed by atoms with Gasteiger partial charge in [0.1, 0.15) is 11.9 Å². The third kappa shape index (κ3) is 1.50. The monoisotopic (exact) mass is 197 g/mol. The number of hydrogen-bond donors (Lipinski definition) is 1. The summed E-state index contributed by atoms with van der Waals surface area (Å²) in [5.41, 5.74) is 9.23. The van der Waals surface area contributed by atoms with E-state index < -0.39 is 0 Å². The van der Waals surface area contributed by atoms with Gasteiger partial charge in [0.25, 0.3) is 0 Å². The summed E-state index contributed by atoms with van der Waals surface area (Å²) in [5, 5.41) is 9.82. The van der Waals surface area contributed by atoms with Gasteiger partial charge < -0.3 is 5.73 Å². The Morgan fingerprint density at radius 2 is 2.00 bits per heavy atom. The van der Waals surface area contributed by atoms with E-state index in [4.69, 9.17) is 11.0 Å². The number of aryl methyl sites for hydroxylation is 2. The topological polar surface area (TPSA) is 62.7 Å². The average Bonchev–Trinajstić information content (AvgIpc) is 2.18. The SMILES string of the molecule is Cc1cc(C)c2nc(N)c(C#N)cc2c1. The Balaban J connectivity index is 2.89. The summed E-state index contributed by atoms with van der Waals surface area (Å²) in [4.78, 5) is 4.24. The van der Waals surface area contributed by atoms with Crippen LogP contribution in [0.4, 0.5) is 5.82 Å². The van der Waals surface area contributed by atoms with Gasteiger partial charge in [-0.1, -0.05) is 11.6 Å². The van der Waals surface area contributed by atoms with Crippen molar-refractivity contribution in [2.75, 3.05) is 5.73 Å². The minimum Gasteiger partial charge on any atom is -0.383 e. The minimum atomic E-state index is 0.303. The van der Waals surface area contributed by atoms with Crippen molar-refractivity contribution in [1.82, 2.24) is 4.98 Å². The molecule has 0 aliphatic heterocycles. The van der Waals surface area contributed by atoms with Crippen LogP contribution in [0, 0.1) is 25.2 Å². The van der Waals surface area contributed by atoms with Crippen molar-refractivity contribution >= 4 is 16.7 Å². The number of nitriles is 1. The minimum absolute atomic E-state index is 0.303. The zero-order valence-corrected chi connectivity index (χ0v) is 8.70. The van der Waals surface area contributed by atoms with Gasteiger partial charge in [0, 0.05) is 5.39 Å². The van der Waals surface area contributed by atoms with E-state index in [0.29, 0.717) is 11.4 Å². The lowest BCUT2D eigenvalue weighted by Crippen LogP contribution is -1.96. The molecule has 0 atom stereocenters. The first-order chi connectivity index (χ1) is 7.11. The fourth-order valence-corrected chi connectivity index (χ4v) is 1.76. The molecular weight excluding hydrogens is 186 g/mol. The Hall–Kier alpha value is -2.08. The van der Waals surface area contributed by atoms with E-state index in [9.17, 15) is 0 Å². The maximum absolute atomic E-state index is 8.85. The highest BCUT2D eigenvalue weighted by Gasteiger charge is 2.05. The summed E-state index contributed by atoms with van der Waals surface area (Å²) in [7, 11) is 0. The molecule has 0 radical (unpaired) electrons. The molecule has 0 amide bonds. The number of fused-ring (bicyclic) bond motifs is 1. The van der Waals surface area contributed by atoms with Crippen molar-refractivity contribution in [2.45, 2.75) is 13.8 Å². The molecule has 1 aromatic heterocycles. The van der Waals surface area contributed by atoms with Crippen molar-refractivity contribution in [2.24, 2.45) is 0 Å². The number of rotatable bonds is 0. The number of aromatic nitrogens is 1. The fourth-order valence-electron chi connectivity index (χ4n) is 1.76. The van der Waals surface area contributed by atoms with Crippen molar-refractivity contribution in [3.05, 3.63) is 34.9 Å². The lowest BCUT2D eigenvalue weighted by molar-refractivity contribution is 1.33. The van der Waals surface area contributed by atoms with Gasteiger partial charge >= 0.3 is 0 Å². The highest BCUT2D eigenvalue weighted by atomic mass is 14.8. The van der Waals surface area contributed by atoms with Crippen molar-refractivity contribution in [3.8, 4) is 6.07 Å². The van der Waals surface area contributed by atoms with Crippen LogP contribution in [0.1, 0.15) is 16.7 Å². The summed E-state index contributed by atoms with van der Waals surface area (Å²) in [6.45, 7) is 4.02. The van der Waals surface area contributed by atoms with Gasteiger partial charge in [0.05, 0.1) is 11.1 Å². The van der Waals surface area contributed by atoms with Crippen LogP contribution < -0.4 is 5.73 Å². The fraction of sp³-hybridized carbons (Fsp3) is 0.167. The quantitative estimate of drug-likeness (QED) is 0.704. The van der Waals surface area contributed by atoms with E-state index in [0.717, 1.165) is 22.0 Å². The molecule has 1 aromatic carbocycles. The smallest absolute Gasteiger partial charge is 0.142 e. The number of benzene rings is 1. The van der Waals surface area contributed by atoms with Crippen LogP contribution in [0.25, 0.3) is 10.9 Å². The summed E-state index contributed by atoms with van der Waals surface area (Å²) in [6.07, 6.45) is 0. The number of nitrogen functional groups attached to an aromatic ring is 1. The molecule has 1 heterocycles. The second-order valence-electron chi connectivity index (χ2n) is 3.69. The van der Waals surface area contributed by atoms with Crippen LogP contribution in [-0.2, 0) is 0 Å². The van der Waals surface area contributed by atoms with E-state index in [2.05, 4.69) is 11.1 Å². The molecule has 2 rings (SSSR count). The van der Waals surface area contributed by atoms with Crippen LogP contribution in [0.2, 0.25) is 0 Å². The number of nitrogens with two attached hydrogens (primary N) is 1. The molecule has 2 N–H and O–H groups in total. The summed E-state index contributed by atoms with van der Waals surface area (Å²) in [6, 6.07) is 7.89. The molecular formula is C12H11N3. The highest BCUT2D eigenvalue weighted by molar-refractivity contribution is 5.85. The van der Waals surface area contributed by atoms with Gasteiger partial charge in [-0.3, -0.25) is 0 Å². The van der Waals surface area contributed by atoms with E-state index in [1.165, 1.54) is 0 Å². The lowest BCUT2D eigenvalue weighted by Gasteiger charge is -2.05. The molecule has 0 spiro atoms. The van der Waals surface area contributed by atoms with E-state index in [1.807, 2.05) is 26.0 Å². The Morgan fingerprint density at radius 3 is 2.67 bits per heavy atom. The first kappa shape index (κ1) is 9.47. The maximum Gasteiger partial charge on any atom is 0.142 e. The maximum atomic E-state index is 8.85. The molecule has 15 heavy (non-hydrogen) atoms. The summed E-state index contributed by atoms with van der Waals surface area (Å²) < 4.78 is 0. The second kappa shape index (κ2) is 3.25. The Kier molecular flexibility index (Phi) is 2.05. The Labute approximate surface area is 88.2 Å². The Morgan fingerprint density at radius 1 is 1.27 bits per heavy atom. The predicted octanol–water partition coefficient (Wildman–Crippen LogP) is 2.31. The molecule has 0 saturated carbocycles.